The van der Waals surface area contributed by atoms with E-state index in [0.29, 0.717) is 18.5 Å². The van der Waals surface area contributed by atoms with E-state index in [0.717, 1.165) is 0 Å². The van der Waals surface area contributed by atoms with Crippen molar-refractivity contribution in [3.8, 4) is 0 Å². The third-order valence-corrected chi connectivity index (χ3v) is 2.16. The van der Waals surface area contributed by atoms with Crippen molar-refractivity contribution < 1.29 is 22.8 Å². The number of benzene rings is 1. The SMILES string of the molecule is CCCC(=O)Nc1ccc(NC(=O)C(F)(F)F)cc1. The average molecular weight is 274 g/mol. The summed E-state index contributed by atoms with van der Waals surface area (Å²) in [7, 11) is 0. The van der Waals surface area contributed by atoms with Crippen LogP contribution in [0.25, 0.3) is 0 Å². The predicted octanol–water partition coefficient (Wildman–Crippen LogP) is 2.93. The molecule has 4 nitrogen and oxygen atoms in total. The number of nitrogens with one attached hydrogen (secondary N) is 2. The molecule has 7 heteroatoms. The number of amides is 2. The molecule has 2 N–H and O–H groups in total. The van der Waals surface area contributed by atoms with Gasteiger partial charge in [0.05, 0.1) is 0 Å². The minimum atomic E-state index is -4.92. The monoisotopic (exact) mass is 274 g/mol. The number of carbonyl (C=O) groups is 2. The maximum atomic E-state index is 12.0. The lowest BCUT2D eigenvalue weighted by molar-refractivity contribution is -0.167. The lowest BCUT2D eigenvalue weighted by atomic mass is 10.2. The molecule has 0 fully saturated rings. The molecule has 0 aromatic heterocycles. The van der Waals surface area contributed by atoms with Crippen molar-refractivity contribution in [3.63, 3.8) is 0 Å². The van der Waals surface area contributed by atoms with E-state index in [1.807, 2.05) is 6.92 Å². The third kappa shape index (κ3) is 4.99. The van der Waals surface area contributed by atoms with Crippen LogP contribution in [0.3, 0.4) is 0 Å². The first-order valence-corrected chi connectivity index (χ1v) is 5.61. The largest absolute Gasteiger partial charge is 0.471 e. The molecule has 19 heavy (non-hydrogen) atoms. The molecule has 1 aromatic rings. The van der Waals surface area contributed by atoms with E-state index in [1.54, 1.807) is 5.32 Å². The Labute approximate surface area is 108 Å². The van der Waals surface area contributed by atoms with Gasteiger partial charge in [0, 0.05) is 17.8 Å². The van der Waals surface area contributed by atoms with E-state index in [9.17, 15) is 22.8 Å². The molecule has 2 amide bonds. The molecular weight excluding hydrogens is 261 g/mol. The molecule has 1 aromatic carbocycles. The van der Waals surface area contributed by atoms with Gasteiger partial charge in [0.15, 0.2) is 0 Å². The van der Waals surface area contributed by atoms with Gasteiger partial charge in [-0.2, -0.15) is 13.2 Å². The molecule has 0 radical (unpaired) electrons. The van der Waals surface area contributed by atoms with E-state index >= 15 is 0 Å². The number of halogens is 3. The van der Waals surface area contributed by atoms with Gasteiger partial charge in [-0.15, -0.1) is 0 Å². The summed E-state index contributed by atoms with van der Waals surface area (Å²) in [5, 5.41) is 4.29. The second kappa shape index (κ2) is 6.21. The lowest BCUT2D eigenvalue weighted by Crippen LogP contribution is -2.29. The van der Waals surface area contributed by atoms with Gasteiger partial charge in [-0.1, -0.05) is 6.92 Å². The molecule has 0 atom stereocenters. The van der Waals surface area contributed by atoms with Gasteiger partial charge in [0.1, 0.15) is 0 Å². The minimum absolute atomic E-state index is 0.0100. The highest BCUT2D eigenvalue weighted by atomic mass is 19.4. The van der Waals surface area contributed by atoms with Gasteiger partial charge in [-0.3, -0.25) is 9.59 Å². The van der Waals surface area contributed by atoms with Crippen LogP contribution in [-0.4, -0.2) is 18.0 Å². The van der Waals surface area contributed by atoms with Crippen molar-refractivity contribution in [3.05, 3.63) is 24.3 Å². The summed E-state index contributed by atoms with van der Waals surface area (Å²) in [4.78, 5) is 22.0. The van der Waals surface area contributed by atoms with Gasteiger partial charge in [-0.05, 0) is 30.7 Å². The molecule has 1 rings (SSSR count). The van der Waals surface area contributed by atoms with Crippen LogP contribution in [0, 0.1) is 0 Å². The lowest BCUT2D eigenvalue weighted by Gasteiger charge is -2.09. The van der Waals surface area contributed by atoms with Crippen LogP contribution in [0.1, 0.15) is 19.8 Å². The number of alkyl halides is 3. The van der Waals surface area contributed by atoms with Crippen LogP contribution in [0.4, 0.5) is 24.5 Å². The summed E-state index contributed by atoms with van der Waals surface area (Å²) < 4.78 is 36.0. The Morgan fingerprint density at radius 1 is 1.05 bits per heavy atom. The summed E-state index contributed by atoms with van der Waals surface area (Å²) >= 11 is 0. The molecule has 0 heterocycles. The van der Waals surface area contributed by atoms with Crippen LogP contribution >= 0.6 is 0 Å². The molecule has 0 unspecified atom stereocenters. The second-order valence-electron chi connectivity index (χ2n) is 3.83. The molecule has 0 spiro atoms. The summed E-state index contributed by atoms with van der Waals surface area (Å²) in [5.74, 6) is -2.20. The fourth-order valence-electron chi connectivity index (χ4n) is 1.29. The van der Waals surface area contributed by atoms with Gasteiger partial charge in [-0.25, -0.2) is 0 Å². The number of hydrogen-bond acceptors (Lipinski definition) is 2. The fraction of sp³-hybridized carbons (Fsp3) is 0.333. The molecule has 0 aliphatic rings. The minimum Gasteiger partial charge on any atom is -0.326 e. The summed E-state index contributed by atoms with van der Waals surface area (Å²) in [6, 6.07) is 5.40. The van der Waals surface area contributed by atoms with E-state index in [4.69, 9.17) is 0 Å². The zero-order chi connectivity index (χ0) is 14.5. The average Bonchev–Trinajstić information content (AvgIpc) is 2.30. The van der Waals surface area contributed by atoms with Gasteiger partial charge in [0.2, 0.25) is 5.91 Å². The first-order chi connectivity index (χ1) is 8.82. The Morgan fingerprint density at radius 3 is 1.95 bits per heavy atom. The highest BCUT2D eigenvalue weighted by Crippen LogP contribution is 2.19. The Kier molecular flexibility index (Phi) is 4.91. The van der Waals surface area contributed by atoms with Crippen molar-refractivity contribution in [2.45, 2.75) is 25.9 Å². The Morgan fingerprint density at radius 2 is 1.53 bits per heavy atom. The normalized spacial score (nSPS) is 10.9. The molecule has 0 aliphatic carbocycles. The maximum Gasteiger partial charge on any atom is 0.471 e. The van der Waals surface area contributed by atoms with E-state index < -0.39 is 12.1 Å². The van der Waals surface area contributed by atoms with Crippen molar-refractivity contribution in [2.75, 3.05) is 10.6 Å². The van der Waals surface area contributed by atoms with Crippen LogP contribution in [0.2, 0.25) is 0 Å². The number of carbonyl (C=O) groups excluding carboxylic acids is 2. The Bertz CT molecular complexity index is 455. The van der Waals surface area contributed by atoms with E-state index in [1.165, 1.54) is 24.3 Å². The number of anilines is 2. The predicted molar refractivity (Wildman–Crippen MR) is 64.7 cm³/mol. The molecule has 0 bridgehead atoms. The van der Waals surface area contributed by atoms with Gasteiger partial charge in [0.25, 0.3) is 0 Å². The maximum absolute atomic E-state index is 12.0. The summed E-state index contributed by atoms with van der Waals surface area (Å²) in [6.45, 7) is 1.86. The molecule has 104 valence electrons. The van der Waals surface area contributed by atoms with Gasteiger partial charge < -0.3 is 10.6 Å². The molecule has 0 aliphatic heterocycles. The van der Waals surface area contributed by atoms with Crippen LogP contribution in [-0.2, 0) is 9.59 Å². The number of rotatable bonds is 4. The van der Waals surface area contributed by atoms with E-state index in [-0.39, 0.29) is 11.6 Å². The van der Waals surface area contributed by atoms with Crippen LogP contribution in [0.15, 0.2) is 24.3 Å². The topological polar surface area (TPSA) is 58.2 Å². The van der Waals surface area contributed by atoms with Crippen molar-refractivity contribution in [1.82, 2.24) is 0 Å². The van der Waals surface area contributed by atoms with Crippen LogP contribution < -0.4 is 10.6 Å². The summed E-state index contributed by atoms with van der Waals surface area (Å²) in [5.41, 5.74) is 0.472. The first kappa shape index (κ1) is 15.0. The second-order valence-corrected chi connectivity index (χ2v) is 3.83. The van der Waals surface area contributed by atoms with Crippen LogP contribution in [0.5, 0.6) is 0 Å². The molecule has 0 saturated carbocycles. The van der Waals surface area contributed by atoms with Crippen molar-refractivity contribution >= 4 is 23.2 Å². The molecule has 0 saturated heterocycles. The highest BCUT2D eigenvalue weighted by Gasteiger charge is 2.38. The molecular formula is C12H13F3N2O2. The fourth-order valence-corrected chi connectivity index (χ4v) is 1.29. The third-order valence-electron chi connectivity index (χ3n) is 2.16. The quantitative estimate of drug-likeness (QED) is 0.886. The zero-order valence-electron chi connectivity index (χ0n) is 10.2. The standard InChI is InChI=1S/C12H13F3N2O2/c1-2-3-10(18)16-8-4-6-9(7-5-8)17-11(19)12(13,14)15/h4-7H,2-3H2,1H3,(H,16,18)(H,17,19). The first-order valence-electron chi connectivity index (χ1n) is 5.61. The zero-order valence-corrected chi connectivity index (χ0v) is 10.2. The Hall–Kier alpha value is -2.05. The van der Waals surface area contributed by atoms with Crippen molar-refractivity contribution in [2.24, 2.45) is 0 Å². The van der Waals surface area contributed by atoms with Crippen molar-refractivity contribution in [1.29, 1.82) is 0 Å². The highest BCUT2D eigenvalue weighted by molar-refractivity contribution is 5.95. The van der Waals surface area contributed by atoms with E-state index in [2.05, 4.69) is 5.32 Å². The smallest absolute Gasteiger partial charge is 0.326 e. The number of hydrogen-bond donors (Lipinski definition) is 2. The van der Waals surface area contributed by atoms with Gasteiger partial charge >= 0.3 is 12.1 Å². The Balaban J connectivity index is 2.62. The summed E-state index contributed by atoms with van der Waals surface area (Å²) in [6.07, 6.45) is -3.86.